The van der Waals surface area contributed by atoms with Crippen molar-refractivity contribution in [3.63, 3.8) is 0 Å². The van der Waals surface area contributed by atoms with E-state index >= 15 is 0 Å². The van der Waals surface area contributed by atoms with Crippen LogP contribution in [0.2, 0.25) is 5.02 Å². The van der Waals surface area contributed by atoms with E-state index in [0.717, 1.165) is 11.3 Å². The molecule has 0 aliphatic rings. The van der Waals surface area contributed by atoms with Crippen LogP contribution >= 0.6 is 11.6 Å². The smallest absolute Gasteiger partial charge is 0.323 e. The van der Waals surface area contributed by atoms with Crippen LogP contribution in [0.25, 0.3) is 0 Å². The third-order valence-electron chi connectivity index (χ3n) is 3.44. The molecule has 0 heterocycles. The first-order valence-electron chi connectivity index (χ1n) is 7.79. The molecule has 3 aromatic carbocycles. The summed E-state index contributed by atoms with van der Waals surface area (Å²) in [7, 11) is 0. The molecule has 25 heavy (non-hydrogen) atoms. The molecule has 3 aromatic rings. The second-order valence-electron chi connectivity index (χ2n) is 5.39. The van der Waals surface area contributed by atoms with Gasteiger partial charge in [-0.1, -0.05) is 48.0 Å². The number of hydrogen-bond donors (Lipinski definition) is 2. The highest BCUT2D eigenvalue weighted by atomic mass is 35.5. The predicted molar refractivity (Wildman–Crippen MR) is 101 cm³/mol. The quantitative estimate of drug-likeness (QED) is 0.631. The van der Waals surface area contributed by atoms with Crippen molar-refractivity contribution in [3.8, 4) is 5.75 Å². The van der Waals surface area contributed by atoms with Crippen LogP contribution in [-0.2, 0) is 6.61 Å². The number of rotatable bonds is 5. The number of benzene rings is 3. The Morgan fingerprint density at radius 2 is 1.56 bits per heavy atom. The lowest BCUT2D eigenvalue weighted by atomic mass is 10.2. The molecule has 5 heteroatoms. The van der Waals surface area contributed by atoms with Crippen LogP contribution in [0.15, 0.2) is 78.9 Å². The lowest BCUT2D eigenvalue weighted by Crippen LogP contribution is -2.19. The Hall–Kier alpha value is -2.98. The second kappa shape index (κ2) is 8.22. The molecular formula is C20H17ClN2O2. The molecule has 0 spiro atoms. The molecule has 0 saturated heterocycles. The summed E-state index contributed by atoms with van der Waals surface area (Å²) in [5.74, 6) is 0.740. The third kappa shape index (κ3) is 5.26. The van der Waals surface area contributed by atoms with Crippen molar-refractivity contribution < 1.29 is 9.53 Å². The molecule has 3 rings (SSSR count). The zero-order valence-electron chi connectivity index (χ0n) is 13.4. The molecule has 126 valence electrons. The molecule has 0 radical (unpaired) electrons. The van der Waals surface area contributed by atoms with E-state index in [2.05, 4.69) is 10.6 Å². The second-order valence-corrected chi connectivity index (χ2v) is 5.82. The number of ether oxygens (including phenoxy) is 1. The van der Waals surface area contributed by atoms with Gasteiger partial charge < -0.3 is 15.4 Å². The maximum Gasteiger partial charge on any atom is 0.323 e. The number of halogens is 1. The van der Waals surface area contributed by atoms with Gasteiger partial charge in [-0.05, 0) is 48.0 Å². The summed E-state index contributed by atoms with van der Waals surface area (Å²) >= 11 is 5.89. The van der Waals surface area contributed by atoms with Gasteiger partial charge in [-0.25, -0.2) is 4.79 Å². The molecule has 0 bridgehead atoms. The summed E-state index contributed by atoms with van der Waals surface area (Å²) < 4.78 is 5.72. The molecular weight excluding hydrogens is 336 g/mol. The predicted octanol–water partition coefficient (Wildman–Crippen LogP) is 5.56. The number of urea groups is 1. The van der Waals surface area contributed by atoms with E-state index in [-0.39, 0.29) is 6.03 Å². The van der Waals surface area contributed by atoms with Gasteiger partial charge in [-0.2, -0.15) is 0 Å². The Morgan fingerprint density at radius 1 is 0.840 bits per heavy atom. The number of nitrogens with one attached hydrogen (secondary N) is 2. The van der Waals surface area contributed by atoms with E-state index in [4.69, 9.17) is 16.3 Å². The molecule has 2 amide bonds. The fourth-order valence-corrected chi connectivity index (χ4v) is 2.43. The summed E-state index contributed by atoms with van der Waals surface area (Å²) in [5, 5.41) is 6.06. The van der Waals surface area contributed by atoms with Gasteiger partial charge in [-0.15, -0.1) is 0 Å². The number of hydrogen-bond acceptors (Lipinski definition) is 2. The van der Waals surface area contributed by atoms with Gasteiger partial charge in [-0.3, -0.25) is 0 Å². The Bertz CT molecular complexity index is 836. The standard InChI is InChI=1S/C20H17ClN2O2/c21-16-7-4-8-18(13-16)23-20(24)22-17-9-11-19(12-10-17)25-14-15-5-2-1-3-6-15/h1-13H,14H2,(H2,22,23,24). The van der Waals surface area contributed by atoms with E-state index in [9.17, 15) is 4.79 Å². The minimum atomic E-state index is -0.333. The average molecular weight is 353 g/mol. The highest BCUT2D eigenvalue weighted by Gasteiger charge is 2.03. The summed E-state index contributed by atoms with van der Waals surface area (Å²) in [6, 6.07) is 23.8. The van der Waals surface area contributed by atoms with Crippen LogP contribution in [0.4, 0.5) is 16.2 Å². The Labute approximate surface area is 151 Å². The van der Waals surface area contributed by atoms with Gasteiger partial charge in [0.15, 0.2) is 0 Å². The SMILES string of the molecule is O=C(Nc1ccc(OCc2ccccc2)cc1)Nc1cccc(Cl)c1. The lowest BCUT2D eigenvalue weighted by molar-refractivity contribution is 0.262. The van der Waals surface area contributed by atoms with Crippen LogP contribution in [0.5, 0.6) is 5.75 Å². The minimum Gasteiger partial charge on any atom is -0.489 e. The van der Waals surface area contributed by atoms with E-state index in [1.54, 1.807) is 36.4 Å². The molecule has 0 atom stereocenters. The molecule has 4 nitrogen and oxygen atoms in total. The molecule has 0 aliphatic heterocycles. The van der Waals surface area contributed by atoms with Gasteiger partial charge in [0.1, 0.15) is 12.4 Å². The topological polar surface area (TPSA) is 50.4 Å². The van der Waals surface area contributed by atoms with Gasteiger partial charge in [0.05, 0.1) is 0 Å². The van der Waals surface area contributed by atoms with Gasteiger partial charge in [0, 0.05) is 16.4 Å². The first-order valence-corrected chi connectivity index (χ1v) is 8.17. The number of amides is 2. The fourth-order valence-electron chi connectivity index (χ4n) is 2.24. The van der Waals surface area contributed by atoms with Crippen LogP contribution in [-0.4, -0.2) is 6.03 Å². The van der Waals surface area contributed by atoms with Crippen LogP contribution in [0.1, 0.15) is 5.56 Å². The number of carbonyl (C=O) groups excluding carboxylic acids is 1. The van der Waals surface area contributed by atoms with Gasteiger partial charge in [0.2, 0.25) is 0 Å². The highest BCUT2D eigenvalue weighted by molar-refractivity contribution is 6.30. The number of carbonyl (C=O) groups is 1. The molecule has 2 N–H and O–H groups in total. The van der Waals surface area contributed by atoms with Crippen molar-refractivity contribution in [1.82, 2.24) is 0 Å². The zero-order valence-corrected chi connectivity index (χ0v) is 14.2. The largest absolute Gasteiger partial charge is 0.489 e. The highest BCUT2D eigenvalue weighted by Crippen LogP contribution is 2.18. The molecule has 0 saturated carbocycles. The molecule has 0 aliphatic carbocycles. The van der Waals surface area contributed by atoms with Crippen molar-refractivity contribution in [2.24, 2.45) is 0 Å². The minimum absolute atomic E-state index is 0.333. The van der Waals surface area contributed by atoms with Gasteiger partial charge >= 0.3 is 6.03 Å². The van der Waals surface area contributed by atoms with E-state index < -0.39 is 0 Å². The van der Waals surface area contributed by atoms with Crippen molar-refractivity contribution in [1.29, 1.82) is 0 Å². The van der Waals surface area contributed by atoms with Crippen molar-refractivity contribution in [2.45, 2.75) is 6.61 Å². The van der Waals surface area contributed by atoms with Crippen molar-refractivity contribution in [3.05, 3.63) is 89.4 Å². The zero-order chi connectivity index (χ0) is 17.5. The molecule has 0 aromatic heterocycles. The van der Waals surface area contributed by atoms with E-state index in [1.807, 2.05) is 42.5 Å². The third-order valence-corrected chi connectivity index (χ3v) is 3.68. The van der Waals surface area contributed by atoms with Crippen LogP contribution < -0.4 is 15.4 Å². The van der Waals surface area contributed by atoms with Crippen molar-refractivity contribution >= 4 is 29.0 Å². The summed E-state index contributed by atoms with van der Waals surface area (Å²) in [6.07, 6.45) is 0. The maximum atomic E-state index is 12.0. The summed E-state index contributed by atoms with van der Waals surface area (Å²) in [5.41, 5.74) is 2.41. The first-order chi connectivity index (χ1) is 12.2. The Morgan fingerprint density at radius 3 is 2.28 bits per heavy atom. The maximum absolute atomic E-state index is 12.0. The average Bonchev–Trinajstić information content (AvgIpc) is 2.62. The summed E-state index contributed by atoms with van der Waals surface area (Å²) in [4.78, 5) is 12.0. The Balaban J connectivity index is 1.52. The van der Waals surface area contributed by atoms with Crippen molar-refractivity contribution in [2.75, 3.05) is 10.6 Å². The molecule has 0 fully saturated rings. The number of anilines is 2. The fraction of sp³-hybridized carbons (Fsp3) is 0.0500. The van der Waals surface area contributed by atoms with E-state index in [0.29, 0.717) is 23.0 Å². The van der Waals surface area contributed by atoms with E-state index in [1.165, 1.54) is 0 Å². The normalized spacial score (nSPS) is 10.1. The lowest BCUT2D eigenvalue weighted by Gasteiger charge is -2.09. The Kier molecular flexibility index (Phi) is 5.54. The van der Waals surface area contributed by atoms with Gasteiger partial charge in [0.25, 0.3) is 0 Å². The molecule has 0 unspecified atom stereocenters. The monoisotopic (exact) mass is 352 g/mol. The first kappa shape index (κ1) is 16.9. The van der Waals surface area contributed by atoms with Crippen LogP contribution in [0, 0.1) is 0 Å². The van der Waals surface area contributed by atoms with Crippen LogP contribution in [0.3, 0.4) is 0 Å². The summed E-state index contributed by atoms with van der Waals surface area (Å²) in [6.45, 7) is 0.503.